The van der Waals surface area contributed by atoms with Gasteiger partial charge in [-0.15, -0.1) is 0 Å². The second kappa shape index (κ2) is 5.01. The van der Waals surface area contributed by atoms with Gasteiger partial charge in [0.1, 0.15) is 0 Å². The van der Waals surface area contributed by atoms with Gasteiger partial charge in [0.2, 0.25) is 0 Å². The maximum absolute atomic E-state index is 6.28. The van der Waals surface area contributed by atoms with Crippen LogP contribution in [0.1, 0.15) is 37.3 Å². The zero-order chi connectivity index (χ0) is 12.7. The van der Waals surface area contributed by atoms with Crippen LogP contribution in [0.5, 0.6) is 0 Å². The Morgan fingerprint density at radius 1 is 1.17 bits per heavy atom. The molecular weight excluding hydrogens is 267 g/mol. The van der Waals surface area contributed by atoms with Crippen LogP contribution in [-0.2, 0) is 0 Å². The van der Waals surface area contributed by atoms with Crippen molar-refractivity contribution in [3.63, 3.8) is 0 Å². The largest absolute Gasteiger partial charge is 0.271 e. The van der Waals surface area contributed by atoms with Gasteiger partial charge in [-0.3, -0.25) is 11.3 Å². The molecule has 3 unspecified atom stereocenters. The van der Waals surface area contributed by atoms with Crippen molar-refractivity contribution in [2.45, 2.75) is 31.7 Å². The van der Waals surface area contributed by atoms with Crippen LogP contribution in [0.4, 0.5) is 0 Å². The minimum Gasteiger partial charge on any atom is -0.271 e. The number of fused-ring (bicyclic) bond motifs is 1. The van der Waals surface area contributed by atoms with Crippen molar-refractivity contribution >= 4 is 23.2 Å². The van der Waals surface area contributed by atoms with Gasteiger partial charge in [-0.1, -0.05) is 36.0 Å². The standard InChI is InChI=1S/C14H18Cl2N2/c15-8-5-6-12(16)11(7-8)14(18-17)13-9-3-1-2-4-10(9)13/h5-7,9-10,13-14,18H,1-4,17H2. The van der Waals surface area contributed by atoms with Crippen LogP contribution >= 0.6 is 23.2 Å². The zero-order valence-electron chi connectivity index (χ0n) is 10.2. The number of hydrogen-bond acceptors (Lipinski definition) is 2. The molecule has 3 atom stereocenters. The molecule has 0 heterocycles. The first-order valence-corrected chi connectivity index (χ1v) is 7.39. The van der Waals surface area contributed by atoms with E-state index in [1.54, 1.807) is 0 Å². The Labute approximate surface area is 118 Å². The van der Waals surface area contributed by atoms with E-state index in [0.717, 1.165) is 27.4 Å². The van der Waals surface area contributed by atoms with Crippen LogP contribution in [0.25, 0.3) is 0 Å². The molecule has 2 aliphatic rings. The molecule has 98 valence electrons. The lowest BCUT2D eigenvalue weighted by Crippen LogP contribution is -2.30. The molecule has 3 rings (SSSR count). The third kappa shape index (κ3) is 2.16. The molecule has 2 aliphatic carbocycles. The molecule has 1 aromatic rings. The average Bonchev–Trinajstić information content (AvgIpc) is 3.09. The number of rotatable bonds is 3. The molecule has 2 nitrogen and oxygen atoms in total. The fourth-order valence-corrected chi connectivity index (χ4v) is 4.12. The van der Waals surface area contributed by atoms with Crippen LogP contribution < -0.4 is 11.3 Å². The van der Waals surface area contributed by atoms with E-state index < -0.39 is 0 Å². The Hall–Kier alpha value is -0.280. The molecule has 4 heteroatoms. The van der Waals surface area contributed by atoms with Crippen molar-refractivity contribution in [2.75, 3.05) is 0 Å². The molecule has 2 saturated carbocycles. The van der Waals surface area contributed by atoms with Crippen LogP contribution in [0, 0.1) is 17.8 Å². The first-order chi connectivity index (χ1) is 8.72. The molecule has 2 fully saturated rings. The van der Waals surface area contributed by atoms with Crippen molar-refractivity contribution in [3.05, 3.63) is 33.8 Å². The number of nitrogens with two attached hydrogens (primary N) is 1. The van der Waals surface area contributed by atoms with E-state index >= 15 is 0 Å². The Morgan fingerprint density at radius 3 is 2.44 bits per heavy atom. The van der Waals surface area contributed by atoms with E-state index in [0.29, 0.717) is 5.92 Å². The number of nitrogens with one attached hydrogen (secondary N) is 1. The summed E-state index contributed by atoms with van der Waals surface area (Å²) in [5.41, 5.74) is 4.01. The first kappa shape index (κ1) is 12.7. The summed E-state index contributed by atoms with van der Waals surface area (Å²) >= 11 is 12.4. The molecule has 0 saturated heterocycles. The van der Waals surface area contributed by atoms with Gasteiger partial charge in [0.25, 0.3) is 0 Å². The predicted molar refractivity (Wildman–Crippen MR) is 75.5 cm³/mol. The van der Waals surface area contributed by atoms with E-state index in [1.807, 2.05) is 18.2 Å². The third-order valence-corrected chi connectivity index (χ3v) is 5.16. The maximum atomic E-state index is 6.28. The molecule has 0 bridgehead atoms. The van der Waals surface area contributed by atoms with Crippen molar-refractivity contribution in [3.8, 4) is 0 Å². The van der Waals surface area contributed by atoms with Crippen molar-refractivity contribution < 1.29 is 0 Å². The minimum absolute atomic E-state index is 0.143. The fraction of sp³-hybridized carbons (Fsp3) is 0.571. The summed E-state index contributed by atoms with van der Waals surface area (Å²) < 4.78 is 0. The van der Waals surface area contributed by atoms with Crippen LogP contribution in [0.2, 0.25) is 10.0 Å². The van der Waals surface area contributed by atoms with Gasteiger partial charge in [-0.2, -0.15) is 0 Å². The molecule has 18 heavy (non-hydrogen) atoms. The fourth-order valence-electron chi connectivity index (χ4n) is 3.70. The Kier molecular flexibility index (Phi) is 3.55. The molecule has 0 aliphatic heterocycles. The summed E-state index contributed by atoms with van der Waals surface area (Å²) in [6.45, 7) is 0. The van der Waals surface area contributed by atoms with Gasteiger partial charge in [0, 0.05) is 10.0 Å². The quantitative estimate of drug-likeness (QED) is 0.652. The van der Waals surface area contributed by atoms with Crippen molar-refractivity contribution in [1.82, 2.24) is 5.43 Å². The second-order valence-electron chi connectivity index (χ2n) is 5.50. The van der Waals surface area contributed by atoms with Gasteiger partial charge >= 0.3 is 0 Å². The van der Waals surface area contributed by atoms with Gasteiger partial charge < -0.3 is 0 Å². The van der Waals surface area contributed by atoms with Gasteiger partial charge in [-0.25, -0.2) is 0 Å². The van der Waals surface area contributed by atoms with Crippen molar-refractivity contribution in [1.29, 1.82) is 0 Å². The predicted octanol–water partition coefficient (Wildman–Crippen LogP) is 3.93. The Balaban J connectivity index is 1.86. The topological polar surface area (TPSA) is 38.0 Å². The van der Waals surface area contributed by atoms with Gasteiger partial charge in [-0.05, 0) is 54.4 Å². The smallest absolute Gasteiger partial charge is 0.0508 e. The summed E-state index contributed by atoms with van der Waals surface area (Å²) in [6.07, 6.45) is 5.40. The lowest BCUT2D eigenvalue weighted by atomic mass is 10.0. The van der Waals surface area contributed by atoms with Crippen molar-refractivity contribution in [2.24, 2.45) is 23.6 Å². The summed E-state index contributed by atoms with van der Waals surface area (Å²) in [6, 6.07) is 5.76. The van der Waals surface area contributed by atoms with E-state index in [2.05, 4.69) is 5.43 Å². The summed E-state index contributed by atoms with van der Waals surface area (Å²) in [5, 5.41) is 1.48. The van der Waals surface area contributed by atoms with Gasteiger partial charge in [0.15, 0.2) is 0 Å². The number of hydrazine groups is 1. The highest BCUT2D eigenvalue weighted by molar-refractivity contribution is 6.33. The number of halogens is 2. The molecule has 0 aromatic heterocycles. The highest BCUT2D eigenvalue weighted by Crippen LogP contribution is 2.60. The molecule has 0 radical (unpaired) electrons. The molecule has 1 aromatic carbocycles. The van der Waals surface area contributed by atoms with E-state index in [1.165, 1.54) is 25.7 Å². The lowest BCUT2D eigenvalue weighted by molar-refractivity contribution is 0.456. The van der Waals surface area contributed by atoms with Crippen LogP contribution in [0.15, 0.2) is 18.2 Å². The monoisotopic (exact) mass is 284 g/mol. The first-order valence-electron chi connectivity index (χ1n) is 6.63. The van der Waals surface area contributed by atoms with E-state index in [4.69, 9.17) is 29.0 Å². The average molecular weight is 285 g/mol. The molecular formula is C14H18Cl2N2. The highest BCUT2D eigenvalue weighted by atomic mass is 35.5. The lowest BCUT2D eigenvalue weighted by Gasteiger charge is -2.18. The summed E-state index contributed by atoms with van der Waals surface area (Å²) in [7, 11) is 0. The normalized spacial score (nSPS) is 31.8. The number of benzene rings is 1. The summed E-state index contributed by atoms with van der Waals surface area (Å²) in [5.74, 6) is 8.06. The van der Waals surface area contributed by atoms with E-state index in [-0.39, 0.29) is 6.04 Å². The van der Waals surface area contributed by atoms with Crippen LogP contribution in [-0.4, -0.2) is 0 Å². The maximum Gasteiger partial charge on any atom is 0.0508 e. The second-order valence-corrected chi connectivity index (χ2v) is 6.34. The molecule has 3 N–H and O–H groups in total. The Morgan fingerprint density at radius 2 is 1.83 bits per heavy atom. The van der Waals surface area contributed by atoms with E-state index in [9.17, 15) is 0 Å². The molecule has 0 amide bonds. The van der Waals surface area contributed by atoms with Gasteiger partial charge in [0.05, 0.1) is 6.04 Å². The molecule has 0 spiro atoms. The third-order valence-electron chi connectivity index (χ3n) is 4.58. The SMILES string of the molecule is NNC(c1cc(Cl)ccc1Cl)C1C2CCCCC21. The number of hydrogen-bond donors (Lipinski definition) is 2. The zero-order valence-corrected chi connectivity index (χ0v) is 11.7. The highest BCUT2D eigenvalue weighted by Gasteiger charge is 2.54. The van der Waals surface area contributed by atoms with Crippen LogP contribution in [0.3, 0.4) is 0 Å². The minimum atomic E-state index is 0.143. The Bertz CT molecular complexity index is 437. The summed E-state index contributed by atoms with van der Waals surface area (Å²) in [4.78, 5) is 0.